The highest BCUT2D eigenvalue weighted by Gasteiger charge is 2.20. The number of aliphatic hydroxyl groups is 1. The van der Waals surface area contributed by atoms with Gasteiger partial charge in [0.25, 0.3) is 0 Å². The Hall–Kier alpha value is -0.750. The molecular weight excluding hydrogens is 216 g/mol. The maximum absolute atomic E-state index is 11.2. The predicted octanol–water partition coefficient (Wildman–Crippen LogP) is -0.647. The number of rotatable bonds is 6. The monoisotopic (exact) mass is 234 g/mol. The van der Waals surface area contributed by atoms with Crippen LogP contribution in [-0.4, -0.2) is 47.6 Å². The van der Waals surface area contributed by atoms with Crippen LogP contribution in [0, 0.1) is 0 Å². The molecule has 0 fully saturated rings. The van der Waals surface area contributed by atoms with Gasteiger partial charge in [0.2, 0.25) is 11.8 Å². The minimum absolute atomic E-state index is 0.0509. The lowest BCUT2D eigenvalue weighted by Gasteiger charge is -2.22. The first-order valence-electron chi connectivity index (χ1n) is 4.60. The van der Waals surface area contributed by atoms with Gasteiger partial charge in [-0.15, -0.1) is 0 Å². The molecule has 0 bridgehead atoms. The highest BCUT2D eigenvalue weighted by Crippen LogP contribution is 2.08. The molecule has 0 aliphatic rings. The first kappa shape index (κ1) is 14.2. The Morgan fingerprint density at radius 3 is 2.47 bits per heavy atom. The largest absolute Gasteiger partial charge is 0.387 e. The number of hydrogen-bond donors (Lipinski definition) is 3. The van der Waals surface area contributed by atoms with Crippen molar-refractivity contribution in [3.05, 3.63) is 0 Å². The molecule has 1 atom stereocenters. The summed E-state index contributed by atoms with van der Waals surface area (Å²) in [6.07, 6.45) is 1.88. The minimum Gasteiger partial charge on any atom is -0.387 e. The van der Waals surface area contributed by atoms with Gasteiger partial charge in [0.15, 0.2) is 0 Å². The van der Waals surface area contributed by atoms with E-state index in [-0.39, 0.29) is 24.9 Å². The summed E-state index contributed by atoms with van der Waals surface area (Å²) in [5, 5.41) is 14.6. The summed E-state index contributed by atoms with van der Waals surface area (Å²) in [7, 11) is 0. The van der Waals surface area contributed by atoms with Crippen LogP contribution in [0.3, 0.4) is 0 Å². The van der Waals surface area contributed by atoms with Gasteiger partial charge < -0.3 is 15.7 Å². The van der Waals surface area contributed by atoms with Crippen molar-refractivity contribution in [1.82, 2.24) is 10.6 Å². The van der Waals surface area contributed by atoms with Crippen LogP contribution < -0.4 is 10.6 Å². The molecule has 0 aromatic heterocycles. The SMILES string of the molecule is CSCC(C)(O)CNC(=O)CNC(C)=O. The summed E-state index contributed by atoms with van der Waals surface area (Å²) < 4.78 is 0. The first-order valence-corrected chi connectivity index (χ1v) is 5.99. The normalized spacial score (nSPS) is 14.1. The van der Waals surface area contributed by atoms with Gasteiger partial charge in [-0.05, 0) is 13.2 Å². The maximum atomic E-state index is 11.2. The van der Waals surface area contributed by atoms with Crippen molar-refractivity contribution in [1.29, 1.82) is 0 Å². The van der Waals surface area contributed by atoms with Crippen molar-refractivity contribution in [3.63, 3.8) is 0 Å². The average Bonchev–Trinajstić information content (AvgIpc) is 2.11. The van der Waals surface area contributed by atoms with Gasteiger partial charge in [-0.25, -0.2) is 0 Å². The molecular formula is C9H18N2O3S. The van der Waals surface area contributed by atoms with E-state index in [4.69, 9.17) is 0 Å². The smallest absolute Gasteiger partial charge is 0.239 e. The molecule has 0 radical (unpaired) electrons. The van der Waals surface area contributed by atoms with Gasteiger partial charge in [-0.3, -0.25) is 9.59 Å². The summed E-state index contributed by atoms with van der Waals surface area (Å²) >= 11 is 1.51. The molecule has 0 heterocycles. The third-order valence-corrected chi connectivity index (χ3v) is 2.53. The molecule has 0 aliphatic carbocycles. The van der Waals surface area contributed by atoms with Crippen molar-refractivity contribution in [2.75, 3.05) is 25.1 Å². The zero-order valence-electron chi connectivity index (χ0n) is 9.29. The van der Waals surface area contributed by atoms with E-state index in [1.165, 1.54) is 18.7 Å². The van der Waals surface area contributed by atoms with Crippen LogP contribution in [0.2, 0.25) is 0 Å². The topological polar surface area (TPSA) is 78.4 Å². The highest BCUT2D eigenvalue weighted by atomic mass is 32.2. The van der Waals surface area contributed by atoms with Crippen LogP contribution in [0.1, 0.15) is 13.8 Å². The van der Waals surface area contributed by atoms with Crippen molar-refractivity contribution in [2.45, 2.75) is 19.4 Å². The molecule has 0 rings (SSSR count). The Morgan fingerprint density at radius 1 is 1.40 bits per heavy atom. The zero-order valence-corrected chi connectivity index (χ0v) is 10.1. The fourth-order valence-corrected chi connectivity index (χ4v) is 1.64. The van der Waals surface area contributed by atoms with E-state index >= 15 is 0 Å². The van der Waals surface area contributed by atoms with Crippen LogP contribution in [0.25, 0.3) is 0 Å². The fourth-order valence-electron chi connectivity index (χ4n) is 0.918. The number of amides is 2. The molecule has 0 saturated carbocycles. The van der Waals surface area contributed by atoms with Crippen LogP contribution in [0.15, 0.2) is 0 Å². The average molecular weight is 234 g/mol. The molecule has 0 aromatic rings. The van der Waals surface area contributed by atoms with E-state index in [0.29, 0.717) is 5.75 Å². The summed E-state index contributed by atoms with van der Waals surface area (Å²) in [4.78, 5) is 21.7. The summed E-state index contributed by atoms with van der Waals surface area (Å²) in [6.45, 7) is 3.14. The maximum Gasteiger partial charge on any atom is 0.239 e. The minimum atomic E-state index is -0.911. The lowest BCUT2D eigenvalue weighted by molar-refractivity contribution is -0.125. The lowest BCUT2D eigenvalue weighted by Crippen LogP contribution is -2.45. The Bertz CT molecular complexity index is 231. The van der Waals surface area contributed by atoms with E-state index in [1.54, 1.807) is 6.92 Å². The highest BCUT2D eigenvalue weighted by molar-refractivity contribution is 7.98. The van der Waals surface area contributed by atoms with Crippen LogP contribution >= 0.6 is 11.8 Å². The second-order valence-electron chi connectivity index (χ2n) is 3.62. The predicted molar refractivity (Wildman–Crippen MR) is 60.7 cm³/mol. The van der Waals surface area contributed by atoms with Gasteiger partial charge in [0.05, 0.1) is 12.1 Å². The third-order valence-electron chi connectivity index (χ3n) is 1.62. The number of carbonyl (C=O) groups excluding carboxylic acids is 2. The molecule has 6 heteroatoms. The van der Waals surface area contributed by atoms with Crippen LogP contribution in [0.5, 0.6) is 0 Å². The second-order valence-corrected chi connectivity index (χ2v) is 4.48. The van der Waals surface area contributed by atoms with E-state index in [1.807, 2.05) is 6.26 Å². The van der Waals surface area contributed by atoms with E-state index in [0.717, 1.165) is 0 Å². The number of thioether (sulfide) groups is 1. The molecule has 88 valence electrons. The molecule has 1 unspecified atom stereocenters. The molecule has 15 heavy (non-hydrogen) atoms. The summed E-state index contributed by atoms with van der Waals surface area (Å²) in [5.41, 5.74) is -0.911. The molecule has 3 N–H and O–H groups in total. The van der Waals surface area contributed by atoms with Crippen molar-refractivity contribution in [2.24, 2.45) is 0 Å². The molecule has 0 saturated heterocycles. The Morgan fingerprint density at radius 2 is 2.00 bits per heavy atom. The number of nitrogens with one attached hydrogen (secondary N) is 2. The van der Waals surface area contributed by atoms with Gasteiger partial charge in [-0.2, -0.15) is 11.8 Å². The lowest BCUT2D eigenvalue weighted by atomic mass is 10.1. The van der Waals surface area contributed by atoms with Crippen molar-refractivity contribution < 1.29 is 14.7 Å². The Balaban J connectivity index is 3.74. The Labute approximate surface area is 94.0 Å². The van der Waals surface area contributed by atoms with E-state index < -0.39 is 5.60 Å². The molecule has 0 spiro atoms. The molecule has 2 amide bonds. The second kappa shape index (κ2) is 6.68. The standard InChI is InChI=1S/C9H18N2O3S/c1-7(12)10-4-8(13)11-5-9(2,14)6-15-3/h14H,4-6H2,1-3H3,(H,10,12)(H,11,13). The van der Waals surface area contributed by atoms with Crippen LogP contribution in [-0.2, 0) is 9.59 Å². The van der Waals surface area contributed by atoms with Crippen molar-refractivity contribution in [3.8, 4) is 0 Å². The van der Waals surface area contributed by atoms with Gasteiger partial charge >= 0.3 is 0 Å². The number of hydrogen-bond acceptors (Lipinski definition) is 4. The van der Waals surface area contributed by atoms with Gasteiger partial charge in [0.1, 0.15) is 0 Å². The zero-order chi connectivity index (χ0) is 11.9. The van der Waals surface area contributed by atoms with Crippen LogP contribution in [0.4, 0.5) is 0 Å². The molecule has 5 nitrogen and oxygen atoms in total. The Kier molecular flexibility index (Phi) is 6.35. The van der Waals surface area contributed by atoms with E-state index in [2.05, 4.69) is 10.6 Å². The van der Waals surface area contributed by atoms with E-state index in [9.17, 15) is 14.7 Å². The fraction of sp³-hybridized carbons (Fsp3) is 0.778. The quantitative estimate of drug-likeness (QED) is 0.571. The first-order chi connectivity index (χ1) is 6.87. The molecule has 0 aliphatic heterocycles. The molecule has 0 aromatic carbocycles. The third kappa shape index (κ3) is 8.26. The summed E-state index contributed by atoms with van der Waals surface area (Å²) in [6, 6.07) is 0. The summed E-state index contributed by atoms with van der Waals surface area (Å²) in [5.74, 6) is 0.000508. The number of carbonyl (C=O) groups is 2. The van der Waals surface area contributed by atoms with Gasteiger partial charge in [-0.1, -0.05) is 0 Å². The van der Waals surface area contributed by atoms with Gasteiger partial charge in [0, 0.05) is 19.2 Å². The van der Waals surface area contributed by atoms with Crippen molar-refractivity contribution >= 4 is 23.6 Å².